The first-order chi connectivity index (χ1) is 29.8. The largest absolute Gasteiger partial charge is 0.309 e. The molecule has 12 rings (SSSR count). The summed E-state index contributed by atoms with van der Waals surface area (Å²) in [6, 6.07) is 75.2. The Labute approximate surface area is 346 Å². The van der Waals surface area contributed by atoms with Gasteiger partial charge in [0.15, 0.2) is 17.5 Å². The van der Waals surface area contributed by atoms with Gasteiger partial charge in [0.1, 0.15) is 0 Å². The second-order valence-electron chi connectivity index (χ2n) is 15.2. The van der Waals surface area contributed by atoms with Crippen molar-refractivity contribution < 1.29 is 0 Å². The van der Waals surface area contributed by atoms with Crippen LogP contribution in [0, 0.1) is 0 Å². The molecular weight excluding hydrogens is 731 g/mol. The number of benzene rings is 9. The predicted molar refractivity (Wildman–Crippen MR) is 248 cm³/mol. The van der Waals surface area contributed by atoms with Crippen LogP contribution in [0.15, 0.2) is 212 Å². The Morgan fingerprint density at radius 1 is 0.267 bits per heavy atom. The highest BCUT2D eigenvalue weighted by Crippen LogP contribution is 2.44. The van der Waals surface area contributed by atoms with E-state index in [4.69, 9.17) is 15.0 Å². The second kappa shape index (κ2) is 13.8. The maximum absolute atomic E-state index is 5.36. The molecule has 0 N–H and O–H groups in total. The van der Waals surface area contributed by atoms with Crippen LogP contribution in [0.25, 0.3) is 111 Å². The van der Waals surface area contributed by atoms with E-state index < -0.39 is 0 Å². The van der Waals surface area contributed by atoms with E-state index in [2.05, 4.69) is 203 Å². The zero-order chi connectivity index (χ0) is 39.6. The summed E-state index contributed by atoms with van der Waals surface area (Å²) in [6.07, 6.45) is 0. The highest BCUT2D eigenvalue weighted by molar-refractivity contribution is 6.12. The fraction of sp³-hybridized carbons (Fsp3) is 0. The van der Waals surface area contributed by atoms with Gasteiger partial charge >= 0.3 is 0 Å². The van der Waals surface area contributed by atoms with Crippen LogP contribution < -0.4 is 0 Å². The minimum absolute atomic E-state index is 0.593. The standard InChI is InChI=1S/C55H35N5/c1-3-18-37(19-4-1)52-50(59-46-27-13-9-23-42(46)43-24-10-14-28-47(43)59)34-41(35-51(52)60-48-29-15-11-25-44(48)45-26-12-16-30-49(45)60)55-57-53(38-20-5-2-6-21-38)56-54(58-55)40-32-31-36-17-7-8-22-39(36)33-40/h1-35H. The fourth-order valence-corrected chi connectivity index (χ4v) is 9.04. The Morgan fingerprint density at radius 3 is 1.15 bits per heavy atom. The van der Waals surface area contributed by atoms with Crippen LogP contribution in [0.1, 0.15) is 0 Å². The average Bonchev–Trinajstić information content (AvgIpc) is 3.84. The van der Waals surface area contributed by atoms with Crippen molar-refractivity contribution in [2.75, 3.05) is 0 Å². The molecule has 0 unspecified atom stereocenters. The van der Waals surface area contributed by atoms with E-state index in [1.807, 2.05) is 18.2 Å². The molecule has 0 aliphatic carbocycles. The van der Waals surface area contributed by atoms with E-state index >= 15 is 0 Å². The third kappa shape index (κ3) is 5.44. The summed E-state index contributed by atoms with van der Waals surface area (Å²) in [5.74, 6) is 1.83. The molecule has 0 spiro atoms. The van der Waals surface area contributed by atoms with Crippen molar-refractivity contribution in [2.45, 2.75) is 0 Å². The molecule has 0 bridgehead atoms. The van der Waals surface area contributed by atoms with Gasteiger partial charge in [0.2, 0.25) is 0 Å². The third-order valence-corrected chi connectivity index (χ3v) is 11.7. The summed E-state index contributed by atoms with van der Waals surface area (Å²) in [6.45, 7) is 0. The van der Waals surface area contributed by atoms with Crippen LogP contribution in [-0.4, -0.2) is 24.1 Å². The summed E-state index contributed by atoms with van der Waals surface area (Å²) in [5, 5.41) is 7.08. The van der Waals surface area contributed by atoms with Gasteiger partial charge in [-0.25, -0.2) is 15.0 Å². The molecule has 0 atom stereocenters. The molecule has 0 aliphatic rings. The number of aromatic nitrogens is 5. The van der Waals surface area contributed by atoms with Crippen molar-refractivity contribution in [1.82, 2.24) is 24.1 Å². The number of para-hydroxylation sites is 4. The number of hydrogen-bond donors (Lipinski definition) is 0. The highest BCUT2D eigenvalue weighted by Gasteiger charge is 2.24. The monoisotopic (exact) mass is 765 g/mol. The molecule has 12 aromatic rings. The maximum atomic E-state index is 5.36. The van der Waals surface area contributed by atoms with Gasteiger partial charge in [-0.1, -0.05) is 170 Å². The Bertz CT molecular complexity index is 3360. The van der Waals surface area contributed by atoms with Gasteiger partial charge in [-0.05, 0) is 58.8 Å². The Kier molecular flexibility index (Phi) is 7.78. The Hall–Kier alpha value is -8.15. The van der Waals surface area contributed by atoms with Crippen LogP contribution in [0.3, 0.4) is 0 Å². The van der Waals surface area contributed by atoms with Crippen LogP contribution in [0.2, 0.25) is 0 Å². The lowest BCUT2D eigenvalue weighted by Gasteiger charge is -2.22. The van der Waals surface area contributed by atoms with E-state index in [9.17, 15) is 0 Å². The first-order valence-electron chi connectivity index (χ1n) is 20.3. The topological polar surface area (TPSA) is 48.5 Å². The van der Waals surface area contributed by atoms with Crippen LogP contribution in [-0.2, 0) is 0 Å². The molecule has 0 amide bonds. The summed E-state index contributed by atoms with van der Waals surface area (Å²) in [4.78, 5) is 15.8. The Balaban J connectivity index is 1.24. The zero-order valence-corrected chi connectivity index (χ0v) is 32.4. The smallest absolute Gasteiger partial charge is 0.164 e. The van der Waals surface area contributed by atoms with E-state index in [-0.39, 0.29) is 0 Å². The summed E-state index contributed by atoms with van der Waals surface area (Å²) in [7, 11) is 0. The molecule has 3 heterocycles. The van der Waals surface area contributed by atoms with Gasteiger partial charge in [0.05, 0.1) is 33.4 Å². The molecule has 9 aromatic carbocycles. The van der Waals surface area contributed by atoms with E-state index in [1.54, 1.807) is 0 Å². The number of nitrogens with zero attached hydrogens (tertiary/aromatic N) is 5. The first kappa shape index (κ1) is 33.9. The van der Waals surface area contributed by atoms with Gasteiger partial charge in [-0.15, -0.1) is 0 Å². The summed E-state index contributed by atoms with van der Waals surface area (Å²) in [5.41, 5.74) is 11.5. The molecule has 0 saturated heterocycles. The summed E-state index contributed by atoms with van der Waals surface area (Å²) >= 11 is 0. The molecule has 0 radical (unpaired) electrons. The quantitative estimate of drug-likeness (QED) is 0.169. The molecule has 5 nitrogen and oxygen atoms in total. The lowest BCUT2D eigenvalue weighted by molar-refractivity contribution is 1.07. The number of fused-ring (bicyclic) bond motifs is 7. The normalized spacial score (nSPS) is 11.7. The molecule has 0 aliphatic heterocycles. The molecule has 280 valence electrons. The van der Waals surface area contributed by atoms with Crippen molar-refractivity contribution in [2.24, 2.45) is 0 Å². The van der Waals surface area contributed by atoms with E-state index in [0.717, 1.165) is 66.6 Å². The molecule has 5 heteroatoms. The minimum Gasteiger partial charge on any atom is -0.309 e. The van der Waals surface area contributed by atoms with Gasteiger partial charge in [-0.3, -0.25) is 0 Å². The third-order valence-electron chi connectivity index (χ3n) is 11.7. The summed E-state index contributed by atoms with van der Waals surface area (Å²) < 4.78 is 4.86. The van der Waals surface area contributed by atoms with Crippen molar-refractivity contribution >= 4 is 54.4 Å². The lowest BCUT2D eigenvalue weighted by Crippen LogP contribution is -2.06. The fourth-order valence-electron chi connectivity index (χ4n) is 9.04. The average molecular weight is 766 g/mol. The van der Waals surface area contributed by atoms with E-state index in [1.165, 1.54) is 26.9 Å². The van der Waals surface area contributed by atoms with Crippen LogP contribution in [0.4, 0.5) is 0 Å². The van der Waals surface area contributed by atoms with Gasteiger partial charge < -0.3 is 9.13 Å². The van der Waals surface area contributed by atoms with Crippen molar-refractivity contribution in [3.63, 3.8) is 0 Å². The van der Waals surface area contributed by atoms with E-state index in [0.29, 0.717) is 17.5 Å². The Morgan fingerprint density at radius 2 is 0.650 bits per heavy atom. The maximum Gasteiger partial charge on any atom is 0.164 e. The van der Waals surface area contributed by atoms with Crippen molar-refractivity contribution in [3.8, 4) is 56.7 Å². The van der Waals surface area contributed by atoms with Crippen LogP contribution in [0.5, 0.6) is 0 Å². The highest BCUT2D eigenvalue weighted by atomic mass is 15.1. The minimum atomic E-state index is 0.593. The van der Waals surface area contributed by atoms with Gasteiger partial charge in [0.25, 0.3) is 0 Å². The van der Waals surface area contributed by atoms with Crippen molar-refractivity contribution in [3.05, 3.63) is 212 Å². The SMILES string of the molecule is c1ccc(-c2nc(-c3cc(-n4c5ccccc5c5ccccc54)c(-c4ccccc4)c(-n4c5ccccc5c5ccccc54)c3)nc(-c3ccc4ccccc4c3)n2)cc1. The number of rotatable bonds is 6. The van der Waals surface area contributed by atoms with Crippen LogP contribution >= 0.6 is 0 Å². The molecule has 0 saturated carbocycles. The molecular formula is C55H35N5. The molecule has 0 fully saturated rings. The first-order valence-corrected chi connectivity index (χ1v) is 20.3. The van der Waals surface area contributed by atoms with Gasteiger partial charge in [-0.2, -0.15) is 0 Å². The zero-order valence-electron chi connectivity index (χ0n) is 32.4. The predicted octanol–water partition coefficient (Wildman–Crippen LogP) is 13.9. The van der Waals surface area contributed by atoms with Gasteiger partial charge in [0, 0.05) is 43.8 Å². The molecule has 60 heavy (non-hydrogen) atoms. The molecule has 3 aromatic heterocycles. The number of hydrogen-bond acceptors (Lipinski definition) is 3. The lowest BCUT2D eigenvalue weighted by atomic mass is 9.97. The second-order valence-corrected chi connectivity index (χ2v) is 15.2. The van der Waals surface area contributed by atoms with Crippen molar-refractivity contribution in [1.29, 1.82) is 0 Å².